The smallest absolute Gasteiger partial charge is 0.0725 e. The fraction of sp³-hybridized carbons (Fsp3) is 0.0847. The van der Waals surface area contributed by atoms with Gasteiger partial charge in [-0.05, 0) is 149 Å². The van der Waals surface area contributed by atoms with Crippen molar-refractivity contribution in [3.63, 3.8) is 0 Å². The van der Waals surface area contributed by atoms with Crippen LogP contribution in [-0.4, -0.2) is 4.57 Å². The third-order valence-electron chi connectivity index (χ3n) is 14.9. The Morgan fingerprint density at radius 1 is 0.383 bits per heavy atom. The maximum absolute atomic E-state index is 2.48. The Hall–Kier alpha value is -7.22. The van der Waals surface area contributed by atoms with Gasteiger partial charge < -0.3 is 4.57 Å². The first-order valence-electron chi connectivity index (χ1n) is 21.4. The zero-order valence-corrected chi connectivity index (χ0v) is 33.6. The summed E-state index contributed by atoms with van der Waals surface area (Å²) in [5, 5.41) is 2.58. The van der Waals surface area contributed by atoms with Crippen LogP contribution in [0.4, 0.5) is 0 Å². The van der Waals surface area contributed by atoms with E-state index in [0.717, 1.165) is 6.42 Å². The van der Waals surface area contributed by atoms with Gasteiger partial charge in [-0.2, -0.15) is 0 Å². The Bertz CT molecular complexity index is 3490. The third kappa shape index (κ3) is 3.89. The predicted octanol–water partition coefficient (Wildman–Crippen LogP) is 14.7. The number of aromatic nitrogens is 1. The number of fused-ring (bicyclic) bond motifs is 20. The first-order chi connectivity index (χ1) is 29.5. The molecule has 10 aromatic rings. The van der Waals surface area contributed by atoms with Crippen molar-refractivity contribution in [3.05, 3.63) is 233 Å². The van der Waals surface area contributed by atoms with Gasteiger partial charge in [0, 0.05) is 21.9 Å². The van der Waals surface area contributed by atoms with Gasteiger partial charge in [-0.25, -0.2) is 0 Å². The maximum atomic E-state index is 2.48. The van der Waals surface area contributed by atoms with Gasteiger partial charge in [0.15, 0.2) is 0 Å². The molecule has 0 amide bonds. The minimum atomic E-state index is -0.319. The first kappa shape index (κ1) is 32.7. The molecule has 0 atom stereocenters. The normalized spacial score (nSPS) is 15.0. The molecule has 1 spiro atoms. The number of hydrogen-bond acceptors (Lipinski definition) is 0. The SMILES string of the molecule is CC1(C)c2ccccc2-c2cc3c4cc(-c5ccc6c(c5)-c5ccc7c(c5C6)-c5ccccc5C75c6ccccc6-c6ccccc65)ccc4n(-c4ccccc4)c3cc21. The van der Waals surface area contributed by atoms with Crippen molar-refractivity contribution >= 4 is 21.8 Å². The average molecular weight is 762 g/mol. The maximum Gasteiger partial charge on any atom is 0.0725 e. The van der Waals surface area contributed by atoms with Crippen LogP contribution in [0, 0.1) is 0 Å². The lowest BCUT2D eigenvalue weighted by Gasteiger charge is -2.30. The summed E-state index contributed by atoms with van der Waals surface area (Å²) in [6.45, 7) is 4.75. The van der Waals surface area contributed by atoms with Crippen molar-refractivity contribution in [2.45, 2.75) is 31.1 Å². The van der Waals surface area contributed by atoms with Crippen LogP contribution >= 0.6 is 0 Å². The van der Waals surface area contributed by atoms with E-state index in [1.807, 2.05) is 0 Å². The highest BCUT2D eigenvalue weighted by Gasteiger charge is 2.52. The van der Waals surface area contributed by atoms with E-state index in [0.29, 0.717) is 0 Å². The summed E-state index contributed by atoms with van der Waals surface area (Å²) in [5.74, 6) is 0. The third-order valence-corrected chi connectivity index (χ3v) is 14.9. The Kier molecular flexibility index (Phi) is 6.15. The van der Waals surface area contributed by atoms with Crippen LogP contribution < -0.4 is 0 Å². The summed E-state index contributed by atoms with van der Waals surface area (Å²) in [6.07, 6.45) is 0.939. The van der Waals surface area contributed by atoms with Crippen molar-refractivity contribution in [1.29, 1.82) is 0 Å². The molecule has 0 saturated heterocycles. The van der Waals surface area contributed by atoms with Gasteiger partial charge in [0.1, 0.15) is 0 Å². The standard InChI is InChI=1S/C59H39N/c1-58(2)49-20-10-6-18-42(49)45-33-47-46-31-36(26-29-55(46)60(56(47)34-54(45)58)38-14-4-3-5-15-38)35-24-25-37-32-48-39(44(37)30-35)27-28-53-57(48)43-19-9-13-23-52(43)59(53)50-21-11-7-16-40(50)41-17-8-12-22-51(41)59/h3-31,33-34H,32H2,1-2H3. The molecular weight excluding hydrogens is 723 g/mol. The largest absolute Gasteiger partial charge is 0.309 e. The van der Waals surface area contributed by atoms with Crippen molar-refractivity contribution in [3.8, 4) is 61.3 Å². The van der Waals surface area contributed by atoms with Gasteiger partial charge in [-0.15, -0.1) is 0 Å². The molecule has 1 heteroatoms. The Morgan fingerprint density at radius 3 is 1.70 bits per heavy atom. The van der Waals surface area contributed by atoms with Crippen LogP contribution in [0.5, 0.6) is 0 Å². The zero-order valence-electron chi connectivity index (χ0n) is 33.6. The molecule has 0 bridgehead atoms. The van der Waals surface area contributed by atoms with Gasteiger partial charge in [0.05, 0.1) is 16.4 Å². The molecule has 0 N–H and O–H groups in total. The Balaban J connectivity index is 0.953. The molecule has 4 aliphatic rings. The second-order valence-corrected chi connectivity index (χ2v) is 17.9. The van der Waals surface area contributed by atoms with E-state index in [2.05, 4.69) is 206 Å². The number of hydrogen-bond donors (Lipinski definition) is 0. The highest BCUT2D eigenvalue weighted by atomic mass is 15.0. The number of rotatable bonds is 2. The molecule has 0 fully saturated rings. The topological polar surface area (TPSA) is 4.93 Å². The summed E-state index contributed by atoms with van der Waals surface area (Å²) < 4.78 is 2.47. The van der Waals surface area contributed by atoms with Gasteiger partial charge in [0.25, 0.3) is 0 Å². The van der Waals surface area contributed by atoms with Crippen molar-refractivity contribution < 1.29 is 0 Å². The number of para-hydroxylation sites is 1. The molecule has 4 aliphatic carbocycles. The zero-order chi connectivity index (χ0) is 39.5. The first-order valence-corrected chi connectivity index (χ1v) is 21.4. The van der Waals surface area contributed by atoms with Gasteiger partial charge >= 0.3 is 0 Å². The van der Waals surface area contributed by atoms with Crippen LogP contribution in [0.3, 0.4) is 0 Å². The molecule has 0 unspecified atom stereocenters. The lowest BCUT2D eigenvalue weighted by molar-refractivity contribution is 0.661. The van der Waals surface area contributed by atoms with E-state index in [-0.39, 0.29) is 10.8 Å². The van der Waals surface area contributed by atoms with Crippen LogP contribution in [0.2, 0.25) is 0 Å². The quantitative estimate of drug-likeness (QED) is 0.165. The summed E-state index contributed by atoms with van der Waals surface area (Å²) in [6, 6.07) is 71.5. The second kappa shape index (κ2) is 11.3. The molecule has 280 valence electrons. The Labute approximate surface area is 349 Å². The monoisotopic (exact) mass is 761 g/mol. The van der Waals surface area contributed by atoms with Crippen LogP contribution in [0.1, 0.15) is 58.4 Å². The van der Waals surface area contributed by atoms with E-state index in [1.54, 1.807) is 0 Å². The summed E-state index contributed by atoms with van der Waals surface area (Å²) in [5.41, 5.74) is 28.1. The van der Waals surface area contributed by atoms with E-state index >= 15 is 0 Å². The molecule has 0 saturated carbocycles. The summed E-state index contributed by atoms with van der Waals surface area (Å²) >= 11 is 0. The lowest BCUT2D eigenvalue weighted by Crippen LogP contribution is -2.25. The molecule has 0 radical (unpaired) electrons. The fourth-order valence-electron chi connectivity index (χ4n) is 12.3. The predicted molar refractivity (Wildman–Crippen MR) is 248 cm³/mol. The highest BCUT2D eigenvalue weighted by Crippen LogP contribution is 2.64. The van der Waals surface area contributed by atoms with E-state index in [9.17, 15) is 0 Å². The van der Waals surface area contributed by atoms with Gasteiger partial charge in [0.2, 0.25) is 0 Å². The van der Waals surface area contributed by atoms with Gasteiger partial charge in [-0.1, -0.05) is 159 Å². The lowest BCUT2D eigenvalue weighted by atomic mass is 9.70. The Morgan fingerprint density at radius 2 is 0.967 bits per heavy atom. The average Bonchev–Trinajstić information content (AvgIpc) is 4.06. The number of nitrogens with zero attached hydrogens (tertiary/aromatic N) is 1. The molecule has 0 aliphatic heterocycles. The molecule has 1 heterocycles. The van der Waals surface area contributed by atoms with Crippen molar-refractivity contribution in [2.24, 2.45) is 0 Å². The molecule has 14 rings (SSSR count). The molecular formula is C59H39N. The molecule has 1 aromatic heterocycles. The summed E-state index contributed by atoms with van der Waals surface area (Å²) in [7, 11) is 0. The second-order valence-electron chi connectivity index (χ2n) is 17.9. The van der Waals surface area contributed by atoms with E-state index in [4.69, 9.17) is 0 Å². The van der Waals surface area contributed by atoms with Crippen LogP contribution in [0.25, 0.3) is 83.1 Å². The molecule has 9 aromatic carbocycles. The van der Waals surface area contributed by atoms with Gasteiger partial charge in [-0.3, -0.25) is 0 Å². The van der Waals surface area contributed by atoms with Crippen molar-refractivity contribution in [2.75, 3.05) is 0 Å². The number of benzene rings is 9. The van der Waals surface area contributed by atoms with Crippen molar-refractivity contribution in [1.82, 2.24) is 4.57 Å². The van der Waals surface area contributed by atoms with Crippen LogP contribution in [-0.2, 0) is 17.3 Å². The highest BCUT2D eigenvalue weighted by molar-refractivity contribution is 6.13. The minimum Gasteiger partial charge on any atom is -0.309 e. The van der Waals surface area contributed by atoms with Crippen LogP contribution in [0.15, 0.2) is 188 Å². The minimum absolute atomic E-state index is 0.0706. The van der Waals surface area contributed by atoms with E-state index in [1.165, 1.54) is 128 Å². The molecule has 60 heavy (non-hydrogen) atoms. The summed E-state index contributed by atoms with van der Waals surface area (Å²) in [4.78, 5) is 0. The van der Waals surface area contributed by atoms with E-state index < -0.39 is 0 Å². The fourth-order valence-corrected chi connectivity index (χ4v) is 12.3. The molecule has 1 nitrogen and oxygen atoms in total.